The quantitative estimate of drug-likeness (QED) is 0.920. The number of carbonyl (C=O) groups is 1. The Morgan fingerprint density at radius 3 is 2.72 bits per heavy atom. The number of rotatable bonds is 3. The van der Waals surface area contributed by atoms with Gasteiger partial charge in [-0.15, -0.1) is 11.3 Å². The number of nitrogens with one attached hydrogen (secondary N) is 1. The van der Waals surface area contributed by atoms with E-state index >= 15 is 0 Å². The average Bonchev–Trinajstić information content (AvgIpc) is 2.75. The Bertz CT molecular complexity index is 560. The standard InChI is InChI=1S/C14H16N2OS/c1-9(2)16-14(17)11-6-7-15-12(8-11)13-5-4-10(3)18-13/h4-9H,1-3H3,(H,16,17). The second-order valence-corrected chi connectivity index (χ2v) is 5.76. The van der Waals surface area contributed by atoms with E-state index in [1.165, 1.54) is 4.88 Å². The van der Waals surface area contributed by atoms with Crippen molar-refractivity contribution in [1.82, 2.24) is 10.3 Å². The maximum absolute atomic E-state index is 11.9. The molecule has 0 aliphatic heterocycles. The van der Waals surface area contributed by atoms with Gasteiger partial charge in [0.1, 0.15) is 0 Å². The summed E-state index contributed by atoms with van der Waals surface area (Å²) < 4.78 is 0. The second-order valence-electron chi connectivity index (χ2n) is 4.47. The van der Waals surface area contributed by atoms with E-state index in [2.05, 4.69) is 23.3 Å². The van der Waals surface area contributed by atoms with Gasteiger partial charge in [0.25, 0.3) is 5.91 Å². The summed E-state index contributed by atoms with van der Waals surface area (Å²) in [6.07, 6.45) is 1.68. The summed E-state index contributed by atoms with van der Waals surface area (Å²) in [5, 5.41) is 2.88. The summed E-state index contributed by atoms with van der Waals surface area (Å²) in [5.74, 6) is -0.0538. The molecule has 0 atom stereocenters. The van der Waals surface area contributed by atoms with Crippen molar-refractivity contribution < 1.29 is 4.79 Å². The average molecular weight is 260 g/mol. The largest absolute Gasteiger partial charge is 0.350 e. The van der Waals surface area contributed by atoms with E-state index in [9.17, 15) is 4.79 Å². The fourth-order valence-electron chi connectivity index (χ4n) is 1.62. The number of pyridine rings is 1. The van der Waals surface area contributed by atoms with Gasteiger partial charge in [0.05, 0.1) is 10.6 Å². The molecule has 2 heterocycles. The summed E-state index contributed by atoms with van der Waals surface area (Å²) in [6.45, 7) is 5.95. The molecular formula is C14H16N2OS. The molecule has 4 heteroatoms. The molecule has 0 saturated carbocycles. The molecule has 0 aromatic carbocycles. The summed E-state index contributed by atoms with van der Waals surface area (Å²) in [5.41, 5.74) is 1.50. The van der Waals surface area contributed by atoms with E-state index in [4.69, 9.17) is 0 Å². The Morgan fingerprint density at radius 1 is 1.33 bits per heavy atom. The summed E-state index contributed by atoms with van der Waals surface area (Å²) >= 11 is 1.68. The molecule has 18 heavy (non-hydrogen) atoms. The van der Waals surface area contributed by atoms with Crippen molar-refractivity contribution in [3.63, 3.8) is 0 Å². The van der Waals surface area contributed by atoms with Crippen LogP contribution in [0.3, 0.4) is 0 Å². The van der Waals surface area contributed by atoms with E-state index in [1.54, 1.807) is 23.6 Å². The first kappa shape index (κ1) is 12.8. The predicted molar refractivity (Wildman–Crippen MR) is 74.9 cm³/mol. The molecule has 0 bridgehead atoms. The van der Waals surface area contributed by atoms with Gasteiger partial charge in [-0.05, 0) is 45.0 Å². The first-order valence-electron chi connectivity index (χ1n) is 5.90. The van der Waals surface area contributed by atoms with Crippen molar-refractivity contribution in [2.45, 2.75) is 26.8 Å². The van der Waals surface area contributed by atoms with Gasteiger partial charge in [-0.2, -0.15) is 0 Å². The fourth-order valence-corrected chi connectivity index (χ4v) is 2.46. The third-order valence-electron chi connectivity index (χ3n) is 2.43. The number of nitrogens with zero attached hydrogens (tertiary/aromatic N) is 1. The Labute approximate surface area is 111 Å². The zero-order valence-electron chi connectivity index (χ0n) is 10.7. The van der Waals surface area contributed by atoms with Crippen molar-refractivity contribution in [2.24, 2.45) is 0 Å². The number of thiophene rings is 1. The summed E-state index contributed by atoms with van der Waals surface area (Å²) in [6, 6.07) is 7.80. The van der Waals surface area contributed by atoms with Gasteiger partial charge in [0.2, 0.25) is 0 Å². The topological polar surface area (TPSA) is 42.0 Å². The zero-order chi connectivity index (χ0) is 13.1. The molecule has 0 aliphatic carbocycles. The highest BCUT2D eigenvalue weighted by molar-refractivity contribution is 7.15. The second kappa shape index (κ2) is 5.31. The van der Waals surface area contributed by atoms with Gasteiger partial charge >= 0.3 is 0 Å². The SMILES string of the molecule is Cc1ccc(-c2cc(C(=O)NC(C)C)ccn2)s1. The Kier molecular flexibility index (Phi) is 3.77. The van der Waals surface area contributed by atoms with Crippen LogP contribution in [0.4, 0.5) is 0 Å². The van der Waals surface area contributed by atoms with Crippen LogP contribution in [0.2, 0.25) is 0 Å². The van der Waals surface area contributed by atoms with Crippen LogP contribution in [-0.2, 0) is 0 Å². The lowest BCUT2D eigenvalue weighted by Crippen LogP contribution is -2.30. The highest BCUT2D eigenvalue weighted by Crippen LogP contribution is 2.26. The number of amides is 1. The van der Waals surface area contributed by atoms with E-state index in [1.807, 2.05) is 26.0 Å². The first-order chi connectivity index (χ1) is 8.56. The van der Waals surface area contributed by atoms with Gasteiger partial charge in [-0.3, -0.25) is 9.78 Å². The third-order valence-corrected chi connectivity index (χ3v) is 3.46. The van der Waals surface area contributed by atoms with E-state index in [0.29, 0.717) is 5.56 Å². The maximum atomic E-state index is 11.9. The van der Waals surface area contributed by atoms with Gasteiger partial charge < -0.3 is 5.32 Å². The lowest BCUT2D eigenvalue weighted by atomic mass is 10.2. The van der Waals surface area contributed by atoms with Crippen molar-refractivity contribution in [3.8, 4) is 10.6 Å². The molecule has 2 rings (SSSR count). The monoisotopic (exact) mass is 260 g/mol. The molecular weight excluding hydrogens is 244 g/mol. The van der Waals surface area contributed by atoms with Crippen LogP contribution in [-0.4, -0.2) is 16.9 Å². The highest BCUT2D eigenvalue weighted by Gasteiger charge is 2.09. The first-order valence-corrected chi connectivity index (χ1v) is 6.71. The van der Waals surface area contributed by atoms with Crippen LogP contribution >= 0.6 is 11.3 Å². The predicted octanol–water partition coefficient (Wildman–Crippen LogP) is 3.26. The molecule has 1 amide bonds. The third kappa shape index (κ3) is 2.96. The number of carbonyl (C=O) groups excluding carboxylic acids is 1. The lowest BCUT2D eigenvalue weighted by molar-refractivity contribution is 0.0943. The molecule has 0 aliphatic rings. The number of aryl methyl sites for hydroxylation is 1. The molecule has 0 spiro atoms. The van der Waals surface area contributed by atoms with E-state index in [0.717, 1.165) is 10.6 Å². The van der Waals surface area contributed by atoms with Gasteiger partial charge in [0.15, 0.2) is 0 Å². The van der Waals surface area contributed by atoms with Crippen LogP contribution in [0, 0.1) is 6.92 Å². The molecule has 1 N–H and O–H groups in total. The molecule has 0 radical (unpaired) electrons. The molecule has 3 nitrogen and oxygen atoms in total. The van der Waals surface area contributed by atoms with Crippen LogP contribution in [0.1, 0.15) is 29.1 Å². The van der Waals surface area contributed by atoms with Crippen LogP contribution in [0.15, 0.2) is 30.5 Å². The van der Waals surface area contributed by atoms with Gasteiger partial charge in [0, 0.05) is 22.7 Å². The molecule has 0 saturated heterocycles. The van der Waals surface area contributed by atoms with Gasteiger partial charge in [-0.1, -0.05) is 0 Å². The Hall–Kier alpha value is -1.68. The van der Waals surface area contributed by atoms with Crippen LogP contribution < -0.4 is 5.32 Å². The van der Waals surface area contributed by atoms with Crippen molar-refractivity contribution in [3.05, 3.63) is 40.9 Å². The highest BCUT2D eigenvalue weighted by atomic mass is 32.1. The summed E-state index contributed by atoms with van der Waals surface area (Å²) in [4.78, 5) is 18.6. The molecule has 0 unspecified atom stereocenters. The van der Waals surface area contributed by atoms with E-state index < -0.39 is 0 Å². The Balaban J connectivity index is 2.28. The van der Waals surface area contributed by atoms with E-state index in [-0.39, 0.29) is 11.9 Å². The van der Waals surface area contributed by atoms with Gasteiger partial charge in [-0.25, -0.2) is 0 Å². The minimum Gasteiger partial charge on any atom is -0.350 e. The number of aromatic nitrogens is 1. The molecule has 2 aromatic rings. The zero-order valence-corrected chi connectivity index (χ0v) is 11.5. The smallest absolute Gasteiger partial charge is 0.251 e. The van der Waals surface area contributed by atoms with Crippen molar-refractivity contribution in [1.29, 1.82) is 0 Å². The number of hydrogen-bond acceptors (Lipinski definition) is 3. The van der Waals surface area contributed by atoms with Crippen molar-refractivity contribution in [2.75, 3.05) is 0 Å². The molecule has 0 fully saturated rings. The normalized spacial score (nSPS) is 10.7. The minimum atomic E-state index is -0.0538. The molecule has 94 valence electrons. The fraction of sp³-hybridized carbons (Fsp3) is 0.286. The summed E-state index contributed by atoms with van der Waals surface area (Å²) in [7, 11) is 0. The van der Waals surface area contributed by atoms with Crippen molar-refractivity contribution >= 4 is 17.2 Å². The molecule has 2 aromatic heterocycles. The van der Waals surface area contributed by atoms with Crippen LogP contribution in [0.5, 0.6) is 0 Å². The Morgan fingerprint density at radius 2 is 2.11 bits per heavy atom. The number of hydrogen-bond donors (Lipinski definition) is 1. The maximum Gasteiger partial charge on any atom is 0.251 e. The minimum absolute atomic E-state index is 0.0538. The van der Waals surface area contributed by atoms with Crippen LogP contribution in [0.25, 0.3) is 10.6 Å². The lowest BCUT2D eigenvalue weighted by Gasteiger charge is -2.08.